The summed E-state index contributed by atoms with van der Waals surface area (Å²) < 4.78 is 11.1. The number of aliphatic carboxylic acids is 1. The zero-order chi connectivity index (χ0) is 18.9. The topological polar surface area (TPSA) is 88.1 Å². The fraction of sp³-hybridized carbons (Fsp3) is 0.263. The fourth-order valence-corrected chi connectivity index (χ4v) is 2.10. The molecule has 0 aliphatic heterocycles. The second-order valence-corrected chi connectivity index (χ2v) is 5.53. The quantitative estimate of drug-likeness (QED) is 0.749. The highest BCUT2D eigenvalue weighted by Crippen LogP contribution is 2.25. The third-order valence-corrected chi connectivity index (χ3v) is 3.48. The van der Waals surface area contributed by atoms with Gasteiger partial charge in [-0.25, -0.2) is 4.79 Å². The Kier molecular flexibility index (Phi) is 6.84. The lowest BCUT2D eigenvalue weighted by atomic mass is 10.3. The molecule has 0 saturated heterocycles. The molecule has 2 N–H and O–H groups in total. The standard InChI is InChI=1S/C19H22N2O5/c1-3-25-15-8-10-17(11-9-15)26-16-6-4-14(5-7-16)20-19(24)21(2)13-12-18(22)23/h4-11H,3,12-13H2,1-2H3,(H,20,24)(H,22,23). The Morgan fingerprint density at radius 2 is 1.54 bits per heavy atom. The minimum Gasteiger partial charge on any atom is -0.494 e. The van der Waals surface area contributed by atoms with Crippen LogP contribution in [0.5, 0.6) is 17.2 Å². The van der Waals surface area contributed by atoms with Crippen LogP contribution in [0.2, 0.25) is 0 Å². The van der Waals surface area contributed by atoms with Crippen molar-refractivity contribution in [3.05, 3.63) is 48.5 Å². The molecule has 2 aromatic carbocycles. The number of carbonyl (C=O) groups is 2. The summed E-state index contributed by atoms with van der Waals surface area (Å²) in [6, 6.07) is 13.8. The number of rotatable bonds is 8. The largest absolute Gasteiger partial charge is 0.494 e. The number of hydrogen-bond donors (Lipinski definition) is 2. The molecule has 26 heavy (non-hydrogen) atoms. The van der Waals surface area contributed by atoms with Crippen LogP contribution in [0.4, 0.5) is 10.5 Å². The minimum atomic E-state index is -0.944. The predicted molar refractivity (Wildman–Crippen MR) is 98.0 cm³/mol. The van der Waals surface area contributed by atoms with E-state index in [1.54, 1.807) is 31.3 Å². The van der Waals surface area contributed by atoms with Gasteiger partial charge in [0, 0.05) is 19.3 Å². The average Bonchev–Trinajstić information content (AvgIpc) is 2.63. The van der Waals surface area contributed by atoms with E-state index in [-0.39, 0.29) is 19.0 Å². The van der Waals surface area contributed by atoms with Gasteiger partial charge in [-0.2, -0.15) is 0 Å². The monoisotopic (exact) mass is 358 g/mol. The van der Waals surface area contributed by atoms with Crippen LogP contribution in [0.3, 0.4) is 0 Å². The molecule has 0 atom stereocenters. The van der Waals surface area contributed by atoms with E-state index in [9.17, 15) is 9.59 Å². The van der Waals surface area contributed by atoms with Gasteiger partial charge in [0.25, 0.3) is 0 Å². The normalized spacial score (nSPS) is 10.1. The number of ether oxygens (including phenoxy) is 2. The van der Waals surface area contributed by atoms with Crippen LogP contribution in [0.15, 0.2) is 48.5 Å². The second-order valence-electron chi connectivity index (χ2n) is 5.53. The predicted octanol–water partition coefficient (Wildman–Crippen LogP) is 3.82. The molecular weight excluding hydrogens is 336 g/mol. The van der Waals surface area contributed by atoms with Gasteiger partial charge in [0.2, 0.25) is 0 Å². The van der Waals surface area contributed by atoms with Crippen LogP contribution in [-0.2, 0) is 4.79 Å². The van der Waals surface area contributed by atoms with Crippen LogP contribution >= 0.6 is 0 Å². The van der Waals surface area contributed by atoms with E-state index in [1.165, 1.54) is 4.90 Å². The highest BCUT2D eigenvalue weighted by atomic mass is 16.5. The number of carboxylic acid groups (broad SMARTS) is 1. The molecule has 0 heterocycles. The van der Waals surface area contributed by atoms with Gasteiger partial charge in [-0.05, 0) is 55.5 Å². The van der Waals surface area contributed by atoms with Gasteiger partial charge in [-0.3, -0.25) is 4.79 Å². The molecule has 7 heteroatoms. The minimum absolute atomic E-state index is 0.0984. The molecule has 0 radical (unpaired) electrons. The van der Waals surface area contributed by atoms with E-state index < -0.39 is 5.97 Å². The average molecular weight is 358 g/mol. The highest BCUT2D eigenvalue weighted by molar-refractivity contribution is 5.89. The van der Waals surface area contributed by atoms with Gasteiger partial charge in [0.15, 0.2) is 0 Å². The lowest BCUT2D eigenvalue weighted by molar-refractivity contribution is -0.137. The zero-order valence-electron chi connectivity index (χ0n) is 14.8. The van der Waals surface area contributed by atoms with Crippen LogP contribution in [-0.4, -0.2) is 42.2 Å². The van der Waals surface area contributed by atoms with E-state index in [4.69, 9.17) is 14.6 Å². The first kappa shape index (κ1) is 19.1. The molecule has 138 valence electrons. The van der Waals surface area contributed by atoms with Crippen molar-refractivity contribution < 1.29 is 24.2 Å². The van der Waals surface area contributed by atoms with E-state index in [2.05, 4.69) is 5.32 Å². The van der Waals surface area contributed by atoms with Crippen molar-refractivity contribution in [1.82, 2.24) is 4.90 Å². The van der Waals surface area contributed by atoms with Crippen molar-refractivity contribution in [3.63, 3.8) is 0 Å². The number of benzene rings is 2. The molecule has 0 bridgehead atoms. The Labute approximate surface area is 152 Å². The van der Waals surface area contributed by atoms with E-state index in [0.717, 1.165) is 5.75 Å². The summed E-state index contributed by atoms with van der Waals surface area (Å²) in [7, 11) is 1.54. The van der Waals surface area contributed by atoms with Gasteiger partial charge in [-0.1, -0.05) is 0 Å². The van der Waals surface area contributed by atoms with Crippen LogP contribution in [0, 0.1) is 0 Å². The Balaban J connectivity index is 1.89. The van der Waals surface area contributed by atoms with Crippen molar-refractivity contribution in [2.75, 3.05) is 25.5 Å². The van der Waals surface area contributed by atoms with Crippen LogP contribution in [0.1, 0.15) is 13.3 Å². The number of nitrogens with zero attached hydrogens (tertiary/aromatic N) is 1. The van der Waals surface area contributed by atoms with Gasteiger partial charge < -0.3 is 24.8 Å². The maximum absolute atomic E-state index is 12.0. The summed E-state index contributed by atoms with van der Waals surface area (Å²) in [6.07, 6.45) is -0.0984. The summed E-state index contributed by atoms with van der Waals surface area (Å²) in [5, 5.41) is 11.3. The zero-order valence-corrected chi connectivity index (χ0v) is 14.8. The first-order chi connectivity index (χ1) is 12.5. The molecule has 0 unspecified atom stereocenters. The fourth-order valence-electron chi connectivity index (χ4n) is 2.10. The number of amides is 2. The van der Waals surface area contributed by atoms with Crippen LogP contribution < -0.4 is 14.8 Å². The smallest absolute Gasteiger partial charge is 0.321 e. The van der Waals surface area contributed by atoms with Gasteiger partial charge >= 0.3 is 12.0 Å². The lowest BCUT2D eigenvalue weighted by Gasteiger charge is -2.17. The van der Waals surface area contributed by atoms with Crippen molar-refractivity contribution in [3.8, 4) is 17.2 Å². The van der Waals surface area contributed by atoms with Crippen molar-refractivity contribution in [2.24, 2.45) is 0 Å². The number of carbonyl (C=O) groups excluding carboxylic acids is 1. The molecule has 0 aromatic heterocycles. The van der Waals surface area contributed by atoms with Gasteiger partial charge in [-0.15, -0.1) is 0 Å². The second kappa shape index (κ2) is 9.31. The Morgan fingerprint density at radius 1 is 1.00 bits per heavy atom. The van der Waals surface area contributed by atoms with E-state index >= 15 is 0 Å². The molecule has 2 amide bonds. The molecule has 0 fully saturated rings. The summed E-state index contributed by atoms with van der Waals surface area (Å²) in [4.78, 5) is 23.8. The molecular formula is C19H22N2O5. The molecule has 2 aromatic rings. The van der Waals surface area contributed by atoms with Gasteiger partial charge in [0.1, 0.15) is 17.2 Å². The molecule has 0 spiro atoms. The van der Waals surface area contributed by atoms with Gasteiger partial charge in [0.05, 0.1) is 13.0 Å². The summed E-state index contributed by atoms with van der Waals surface area (Å²) in [6.45, 7) is 2.67. The molecule has 0 aliphatic carbocycles. The van der Waals surface area contributed by atoms with Crippen molar-refractivity contribution >= 4 is 17.7 Å². The number of hydrogen-bond acceptors (Lipinski definition) is 4. The molecule has 0 saturated carbocycles. The summed E-state index contributed by atoms with van der Waals surface area (Å²) >= 11 is 0. The number of nitrogens with one attached hydrogen (secondary N) is 1. The molecule has 0 aliphatic rings. The Hall–Kier alpha value is -3.22. The maximum Gasteiger partial charge on any atom is 0.321 e. The first-order valence-corrected chi connectivity index (χ1v) is 8.22. The number of anilines is 1. The van der Waals surface area contributed by atoms with Crippen molar-refractivity contribution in [2.45, 2.75) is 13.3 Å². The third kappa shape index (κ3) is 6.01. The third-order valence-electron chi connectivity index (χ3n) is 3.48. The van der Waals surface area contributed by atoms with E-state index in [0.29, 0.717) is 23.8 Å². The highest BCUT2D eigenvalue weighted by Gasteiger charge is 2.10. The Bertz CT molecular complexity index is 729. The molecule has 2 rings (SSSR count). The Morgan fingerprint density at radius 3 is 2.08 bits per heavy atom. The first-order valence-electron chi connectivity index (χ1n) is 8.22. The number of urea groups is 1. The SMILES string of the molecule is CCOc1ccc(Oc2ccc(NC(=O)N(C)CCC(=O)O)cc2)cc1. The summed E-state index contributed by atoms with van der Waals surface area (Å²) in [5.41, 5.74) is 0.594. The molecule has 7 nitrogen and oxygen atoms in total. The summed E-state index contributed by atoms with van der Waals surface area (Å²) in [5.74, 6) is 1.15. The maximum atomic E-state index is 12.0. The lowest BCUT2D eigenvalue weighted by Crippen LogP contribution is -2.33. The van der Waals surface area contributed by atoms with E-state index in [1.807, 2.05) is 31.2 Å². The number of carboxylic acids is 1. The van der Waals surface area contributed by atoms with Crippen molar-refractivity contribution in [1.29, 1.82) is 0 Å². The van der Waals surface area contributed by atoms with Crippen LogP contribution in [0.25, 0.3) is 0 Å².